The van der Waals surface area contributed by atoms with Crippen LogP contribution >= 0.6 is 0 Å². The number of para-hydroxylation sites is 1. The van der Waals surface area contributed by atoms with E-state index in [1.807, 2.05) is 0 Å². The third-order valence-electron chi connectivity index (χ3n) is 4.85. The predicted molar refractivity (Wildman–Crippen MR) is 98.2 cm³/mol. The maximum atomic E-state index is 13.9. The molecule has 2 aliphatic heterocycles. The highest BCUT2D eigenvalue weighted by molar-refractivity contribution is 5.91. The third-order valence-corrected chi connectivity index (χ3v) is 4.85. The fourth-order valence-electron chi connectivity index (χ4n) is 3.32. The maximum Gasteiger partial charge on any atom is 0.289 e. The summed E-state index contributed by atoms with van der Waals surface area (Å²) < 4.78 is 19.0. The Morgan fingerprint density at radius 1 is 1.04 bits per heavy atom. The first-order valence-corrected chi connectivity index (χ1v) is 9.02. The summed E-state index contributed by atoms with van der Waals surface area (Å²) >= 11 is 0. The van der Waals surface area contributed by atoms with Gasteiger partial charge in [-0.1, -0.05) is 12.1 Å². The van der Waals surface area contributed by atoms with Crippen LogP contribution in [-0.4, -0.2) is 60.0 Å². The fourth-order valence-corrected chi connectivity index (χ4v) is 3.32. The minimum atomic E-state index is -0.632. The molecule has 1 aromatic heterocycles. The number of hydrogen-bond acceptors (Lipinski definition) is 7. The molecule has 0 bridgehead atoms. The number of hydrogen-bond donors (Lipinski definition) is 4. The summed E-state index contributed by atoms with van der Waals surface area (Å²) in [5.74, 6) is -0.429. The van der Waals surface area contributed by atoms with E-state index in [2.05, 4.69) is 21.7 Å². The van der Waals surface area contributed by atoms with Gasteiger partial charge in [0, 0.05) is 26.2 Å². The Morgan fingerprint density at radius 3 is 2.50 bits per heavy atom. The molecular formula is C18H21FN6O3. The zero-order chi connectivity index (χ0) is 19.5. The Hall–Kier alpha value is -2.95. The van der Waals surface area contributed by atoms with Crippen LogP contribution < -0.4 is 21.7 Å². The van der Waals surface area contributed by atoms with E-state index in [4.69, 9.17) is 4.42 Å². The molecule has 2 saturated heterocycles. The van der Waals surface area contributed by atoms with Crippen molar-refractivity contribution in [1.82, 2.24) is 26.2 Å². The molecule has 0 aliphatic carbocycles. The monoisotopic (exact) mass is 388 g/mol. The van der Waals surface area contributed by atoms with E-state index in [0.717, 1.165) is 0 Å². The van der Waals surface area contributed by atoms with Crippen LogP contribution in [0.2, 0.25) is 0 Å². The lowest BCUT2D eigenvalue weighted by Crippen LogP contribution is -2.57. The smallest absolute Gasteiger partial charge is 0.289 e. The number of halogens is 1. The van der Waals surface area contributed by atoms with Crippen molar-refractivity contribution in [2.24, 2.45) is 0 Å². The van der Waals surface area contributed by atoms with Gasteiger partial charge in [-0.15, -0.1) is 0 Å². The molecule has 2 aliphatic rings. The lowest BCUT2D eigenvalue weighted by molar-refractivity contribution is -0.134. The van der Waals surface area contributed by atoms with Crippen molar-refractivity contribution in [2.45, 2.75) is 12.2 Å². The maximum absolute atomic E-state index is 13.9. The Labute approximate surface area is 160 Å². The molecule has 2 aromatic rings. The molecule has 1 aromatic carbocycles. The molecule has 2 amide bonds. The Morgan fingerprint density at radius 2 is 1.79 bits per heavy atom. The van der Waals surface area contributed by atoms with Crippen LogP contribution in [0.15, 0.2) is 47.1 Å². The van der Waals surface area contributed by atoms with Gasteiger partial charge >= 0.3 is 0 Å². The van der Waals surface area contributed by atoms with Crippen LogP contribution in [0.5, 0.6) is 0 Å². The molecular weight excluding hydrogens is 367 g/mol. The lowest BCUT2D eigenvalue weighted by atomic mass is 10.1. The summed E-state index contributed by atoms with van der Waals surface area (Å²) in [4.78, 5) is 28.6. The number of furan rings is 1. The highest BCUT2D eigenvalue weighted by Gasteiger charge is 2.37. The van der Waals surface area contributed by atoms with Gasteiger partial charge in [-0.3, -0.25) is 9.59 Å². The van der Waals surface area contributed by atoms with Gasteiger partial charge in [-0.25, -0.2) is 15.2 Å². The van der Waals surface area contributed by atoms with Crippen LogP contribution in [0.25, 0.3) is 0 Å². The molecule has 2 fully saturated rings. The minimum absolute atomic E-state index is 0.142. The average Bonchev–Trinajstić information content (AvgIpc) is 3.41. The van der Waals surface area contributed by atoms with Crippen molar-refractivity contribution in [3.05, 3.63) is 54.2 Å². The zero-order valence-electron chi connectivity index (χ0n) is 15.0. The topological polar surface area (TPSA) is 102 Å². The standard InChI is InChI=1S/C18H21FN6O3/c19-12-4-1-2-5-13(12)20-16-15(21-23-22-16)18(27)25-9-7-24(8-10-25)17(26)14-6-3-11-28-14/h1-6,11,15-16,20-23H,7-10H2. The van der Waals surface area contributed by atoms with E-state index >= 15 is 0 Å². The van der Waals surface area contributed by atoms with Gasteiger partial charge in [-0.2, -0.15) is 5.53 Å². The zero-order valence-corrected chi connectivity index (χ0v) is 15.0. The molecule has 2 unspecified atom stereocenters. The van der Waals surface area contributed by atoms with E-state index < -0.39 is 18.0 Å². The Bertz CT molecular complexity index is 838. The van der Waals surface area contributed by atoms with Crippen molar-refractivity contribution in [3.63, 3.8) is 0 Å². The normalized spacial score (nSPS) is 22.3. The number of piperazine rings is 1. The van der Waals surface area contributed by atoms with Crippen molar-refractivity contribution in [1.29, 1.82) is 0 Å². The van der Waals surface area contributed by atoms with Crippen LogP contribution in [0.4, 0.5) is 10.1 Å². The number of carbonyl (C=O) groups is 2. The van der Waals surface area contributed by atoms with E-state index in [1.54, 1.807) is 40.1 Å². The van der Waals surface area contributed by atoms with Gasteiger partial charge < -0.3 is 19.5 Å². The number of hydrazine groups is 2. The second-order valence-electron chi connectivity index (χ2n) is 6.59. The van der Waals surface area contributed by atoms with Crippen molar-refractivity contribution < 1.29 is 18.4 Å². The van der Waals surface area contributed by atoms with Crippen LogP contribution in [-0.2, 0) is 4.79 Å². The molecule has 0 saturated carbocycles. The molecule has 148 valence electrons. The van der Waals surface area contributed by atoms with E-state index in [9.17, 15) is 14.0 Å². The van der Waals surface area contributed by atoms with Crippen molar-refractivity contribution in [2.75, 3.05) is 31.5 Å². The van der Waals surface area contributed by atoms with E-state index in [0.29, 0.717) is 37.6 Å². The molecule has 0 spiro atoms. The summed E-state index contributed by atoms with van der Waals surface area (Å²) in [5, 5.41) is 2.99. The summed E-state index contributed by atoms with van der Waals surface area (Å²) in [6, 6.07) is 8.94. The summed E-state index contributed by atoms with van der Waals surface area (Å²) in [6.07, 6.45) is 0.925. The van der Waals surface area contributed by atoms with Gasteiger partial charge in [0.25, 0.3) is 5.91 Å². The number of anilines is 1. The first-order valence-electron chi connectivity index (χ1n) is 9.02. The van der Waals surface area contributed by atoms with Crippen LogP contribution in [0.3, 0.4) is 0 Å². The van der Waals surface area contributed by atoms with Crippen LogP contribution in [0, 0.1) is 5.82 Å². The molecule has 4 N–H and O–H groups in total. The third kappa shape index (κ3) is 3.70. The molecule has 0 radical (unpaired) electrons. The molecule has 2 atom stereocenters. The molecule has 4 rings (SSSR count). The van der Waals surface area contributed by atoms with E-state index in [-0.39, 0.29) is 11.8 Å². The van der Waals surface area contributed by atoms with Crippen molar-refractivity contribution in [3.8, 4) is 0 Å². The number of rotatable bonds is 4. The average molecular weight is 388 g/mol. The number of amides is 2. The molecule has 3 heterocycles. The quantitative estimate of drug-likeness (QED) is 0.590. The second kappa shape index (κ2) is 7.97. The highest BCUT2D eigenvalue weighted by Crippen LogP contribution is 2.16. The lowest BCUT2D eigenvalue weighted by Gasteiger charge is -2.36. The van der Waals surface area contributed by atoms with Gasteiger partial charge in [0.1, 0.15) is 18.0 Å². The SMILES string of the molecule is O=C(c1ccco1)N1CCN(C(=O)C2NNNC2Nc2ccccc2F)CC1. The fraction of sp³-hybridized carbons (Fsp3) is 0.333. The largest absolute Gasteiger partial charge is 0.459 e. The molecule has 10 heteroatoms. The number of nitrogens with zero attached hydrogens (tertiary/aromatic N) is 2. The van der Waals surface area contributed by atoms with Crippen molar-refractivity contribution >= 4 is 17.5 Å². The number of nitrogens with one attached hydrogen (secondary N) is 4. The summed E-state index contributed by atoms with van der Waals surface area (Å²) in [6.45, 7) is 1.67. The van der Waals surface area contributed by atoms with E-state index in [1.165, 1.54) is 12.3 Å². The molecule has 28 heavy (non-hydrogen) atoms. The second-order valence-corrected chi connectivity index (χ2v) is 6.59. The highest BCUT2D eigenvalue weighted by atomic mass is 19.1. The number of benzene rings is 1. The minimum Gasteiger partial charge on any atom is -0.459 e. The summed E-state index contributed by atoms with van der Waals surface area (Å²) in [5.41, 5.74) is 8.77. The molecule has 9 nitrogen and oxygen atoms in total. The Balaban J connectivity index is 1.35. The van der Waals surface area contributed by atoms with Gasteiger partial charge in [0.2, 0.25) is 5.91 Å². The summed E-state index contributed by atoms with van der Waals surface area (Å²) in [7, 11) is 0. The first-order chi connectivity index (χ1) is 13.6. The Kier molecular flexibility index (Phi) is 5.24. The van der Waals surface area contributed by atoms with Gasteiger partial charge in [-0.05, 0) is 24.3 Å². The van der Waals surface area contributed by atoms with Crippen LogP contribution in [0.1, 0.15) is 10.6 Å². The van der Waals surface area contributed by atoms with Gasteiger partial charge in [0.15, 0.2) is 5.76 Å². The predicted octanol–water partition coefficient (Wildman–Crippen LogP) is 0.122. The number of carbonyl (C=O) groups excluding carboxylic acids is 2. The first kappa shape index (κ1) is 18.4. The van der Waals surface area contributed by atoms with Gasteiger partial charge in [0.05, 0.1) is 12.0 Å².